The molecule has 0 N–H and O–H groups in total. The first-order valence-corrected chi connectivity index (χ1v) is 9.18. The van der Waals surface area contributed by atoms with Crippen LogP contribution >= 0.6 is 0 Å². The summed E-state index contributed by atoms with van der Waals surface area (Å²) >= 11 is 0. The van der Waals surface area contributed by atoms with Crippen LogP contribution in [0.4, 0.5) is 0 Å². The van der Waals surface area contributed by atoms with Crippen molar-refractivity contribution >= 4 is 10.8 Å². The summed E-state index contributed by atoms with van der Waals surface area (Å²) in [7, 11) is 2.15. The van der Waals surface area contributed by atoms with Crippen molar-refractivity contribution in [2.45, 2.75) is 29.6 Å². The molecule has 2 unspecified atom stereocenters. The fraction of sp³-hybridized carbons (Fsp3) is 0.389. The molecule has 6 heteroatoms. The third-order valence-corrected chi connectivity index (χ3v) is 5.40. The quantitative estimate of drug-likeness (QED) is 0.771. The highest BCUT2D eigenvalue weighted by Crippen LogP contribution is 2.32. The fourth-order valence-electron chi connectivity index (χ4n) is 2.76. The second-order valence-corrected chi connectivity index (χ2v) is 7.08. The van der Waals surface area contributed by atoms with E-state index < -0.39 is 10.8 Å². The topological polar surface area (TPSA) is 57.7 Å². The van der Waals surface area contributed by atoms with Gasteiger partial charge in [0.25, 0.3) is 0 Å². The Bertz CT molecular complexity index is 717. The molecule has 0 saturated heterocycles. The highest BCUT2D eigenvalue weighted by Gasteiger charge is 2.26. The minimum atomic E-state index is -1.15. The lowest BCUT2D eigenvalue weighted by atomic mass is 10.1. The van der Waals surface area contributed by atoms with Gasteiger partial charge in [-0.15, -0.1) is 0 Å². The molecule has 2 heterocycles. The third-order valence-electron chi connectivity index (χ3n) is 4.06. The van der Waals surface area contributed by atoms with Crippen LogP contribution in [0.5, 0.6) is 11.5 Å². The zero-order valence-corrected chi connectivity index (χ0v) is 14.7. The Balaban J connectivity index is 1.72. The predicted molar refractivity (Wildman–Crippen MR) is 92.0 cm³/mol. The summed E-state index contributed by atoms with van der Waals surface area (Å²) in [5.41, 5.74) is 1.92. The van der Waals surface area contributed by atoms with Gasteiger partial charge in [-0.3, -0.25) is 9.19 Å². The summed E-state index contributed by atoms with van der Waals surface area (Å²) in [5, 5.41) is 0. The van der Waals surface area contributed by atoms with E-state index in [0.29, 0.717) is 12.4 Å². The molecule has 0 saturated carbocycles. The molecule has 0 amide bonds. The van der Waals surface area contributed by atoms with E-state index in [-0.39, 0.29) is 6.10 Å². The lowest BCUT2D eigenvalue weighted by molar-refractivity contribution is 0.138. The average molecular weight is 347 g/mol. The van der Waals surface area contributed by atoms with E-state index in [1.54, 1.807) is 20.4 Å². The summed E-state index contributed by atoms with van der Waals surface area (Å²) in [5.74, 6) is 1.99. The Morgan fingerprint density at radius 2 is 2.04 bits per heavy atom. The van der Waals surface area contributed by atoms with Crippen molar-refractivity contribution in [3.8, 4) is 11.5 Å². The first kappa shape index (κ1) is 16.9. The minimum absolute atomic E-state index is 0.109. The molecule has 128 valence electrons. The van der Waals surface area contributed by atoms with Gasteiger partial charge in [0.2, 0.25) is 0 Å². The van der Waals surface area contributed by atoms with E-state index >= 15 is 0 Å². The van der Waals surface area contributed by atoms with Crippen LogP contribution in [0.1, 0.15) is 17.7 Å². The van der Waals surface area contributed by atoms with Crippen LogP contribution in [0.15, 0.2) is 41.4 Å². The minimum Gasteiger partial charge on any atom is -0.497 e. The van der Waals surface area contributed by atoms with Crippen LogP contribution in [0.25, 0.3) is 0 Å². The molecule has 0 spiro atoms. The van der Waals surface area contributed by atoms with Crippen molar-refractivity contribution in [3.05, 3.63) is 47.8 Å². The second kappa shape index (κ2) is 7.77. The summed E-state index contributed by atoms with van der Waals surface area (Å²) < 4.78 is 28.8. The largest absolute Gasteiger partial charge is 0.497 e. The predicted octanol–water partition coefficient (Wildman–Crippen LogP) is 2.74. The van der Waals surface area contributed by atoms with Gasteiger partial charge in [-0.2, -0.15) is 0 Å². The number of hydrogen-bond acceptors (Lipinski definition) is 5. The van der Waals surface area contributed by atoms with Crippen LogP contribution in [-0.4, -0.2) is 36.1 Å². The first-order chi connectivity index (χ1) is 11.7. The second-order valence-electron chi connectivity index (χ2n) is 5.63. The SMILES string of the molecule is COCCC1Cc2c(ccnc2CS(=O)c2ccc(OC)cc2)O1. The molecule has 1 aromatic heterocycles. The zero-order chi connectivity index (χ0) is 16.9. The molecule has 1 aromatic carbocycles. The van der Waals surface area contributed by atoms with Crippen LogP contribution in [0.2, 0.25) is 0 Å². The van der Waals surface area contributed by atoms with E-state index in [1.807, 2.05) is 30.3 Å². The van der Waals surface area contributed by atoms with Crippen LogP contribution in [-0.2, 0) is 27.7 Å². The molecule has 0 radical (unpaired) electrons. The van der Waals surface area contributed by atoms with Gasteiger partial charge in [-0.05, 0) is 30.3 Å². The molecule has 5 nitrogen and oxygen atoms in total. The standard InChI is InChI=1S/C18H21NO4S/c1-21-10-8-14-11-16-17(19-9-7-18(16)23-14)12-24(20)15-5-3-13(22-2)4-6-15/h3-7,9,14H,8,10-12H2,1-2H3. The Kier molecular flexibility index (Phi) is 5.48. The van der Waals surface area contributed by atoms with E-state index in [0.717, 1.165) is 40.5 Å². The van der Waals surface area contributed by atoms with Crippen molar-refractivity contribution in [2.24, 2.45) is 0 Å². The van der Waals surface area contributed by atoms with E-state index in [2.05, 4.69) is 4.98 Å². The van der Waals surface area contributed by atoms with Gasteiger partial charge in [0.15, 0.2) is 0 Å². The number of pyridine rings is 1. The Hall–Kier alpha value is -1.92. The fourth-order valence-corrected chi connectivity index (χ4v) is 3.87. The number of rotatable bonds is 7. The number of hydrogen-bond donors (Lipinski definition) is 0. The Labute approximate surface area is 144 Å². The molecule has 1 aliphatic heterocycles. The van der Waals surface area contributed by atoms with Gasteiger partial charge in [-0.25, -0.2) is 0 Å². The number of benzene rings is 1. The highest BCUT2D eigenvalue weighted by atomic mass is 32.2. The lowest BCUT2D eigenvalue weighted by Crippen LogP contribution is -2.15. The maximum atomic E-state index is 12.6. The van der Waals surface area contributed by atoms with Crippen LogP contribution in [0.3, 0.4) is 0 Å². The molecular formula is C18H21NO4S. The van der Waals surface area contributed by atoms with Gasteiger partial charge in [-0.1, -0.05) is 0 Å². The van der Waals surface area contributed by atoms with Crippen molar-refractivity contribution in [3.63, 3.8) is 0 Å². The number of fused-ring (bicyclic) bond motifs is 1. The van der Waals surface area contributed by atoms with E-state index in [4.69, 9.17) is 14.2 Å². The zero-order valence-electron chi connectivity index (χ0n) is 13.9. The maximum absolute atomic E-state index is 12.6. The molecular weight excluding hydrogens is 326 g/mol. The number of nitrogens with zero attached hydrogens (tertiary/aromatic N) is 1. The van der Waals surface area contributed by atoms with Crippen LogP contribution < -0.4 is 9.47 Å². The summed E-state index contributed by atoms with van der Waals surface area (Å²) in [6.45, 7) is 0.666. The van der Waals surface area contributed by atoms with Crippen molar-refractivity contribution in [1.29, 1.82) is 0 Å². The summed E-state index contributed by atoms with van der Waals surface area (Å²) in [6, 6.07) is 9.17. The third kappa shape index (κ3) is 3.76. The molecule has 2 atom stereocenters. The number of methoxy groups -OCH3 is 2. The number of aromatic nitrogens is 1. The summed E-state index contributed by atoms with van der Waals surface area (Å²) in [6.07, 6.45) is 3.46. The van der Waals surface area contributed by atoms with Crippen molar-refractivity contribution < 1.29 is 18.4 Å². The van der Waals surface area contributed by atoms with Crippen LogP contribution in [0, 0.1) is 0 Å². The van der Waals surface area contributed by atoms with Crippen molar-refractivity contribution in [2.75, 3.05) is 20.8 Å². The summed E-state index contributed by atoms with van der Waals surface area (Å²) in [4.78, 5) is 5.20. The molecule has 1 aliphatic rings. The molecule has 0 fully saturated rings. The molecule has 24 heavy (non-hydrogen) atoms. The highest BCUT2D eigenvalue weighted by molar-refractivity contribution is 7.84. The Morgan fingerprint density at radius 3 is 2.75 bits per heavy atom. The monoisotopic (exact) mass is 347 g/mol. The smallest absolute Gasteiger partial charge is 0.126 e. The lowest BCUT2D eigenvalue weighted by Gasteiger charge is -2.08. The normalized spacial score (nSPS) is 17.2. The molecule has 2 aromatic rings. The van der Waals surface area contributed by atoms with Gasteiger partial charge in [0, 0.05) is 43.2 Å². The first-order valence-electron chi connectivity index (χ1n) is 7.86. The molecule has 3 rings (SSSR count). The van der Waals surface area contributed by atoms with Gasteiger partial charge >= 0.3 is 0 Å². The molecule has 0 aliphatic carbocycles. The van der Waals surface area contributed by atoms with E-state index in [9.17, 15) is 4.21 Å². The van der Waals surface area contributed by atoms with Gasteiger partial charge in [0.1, 0.15) is 17.6 Å². The number of ether oxygens (including phenoxy) is 3. The van der Waals surface area contributed by atoms with E-state index in [1.165, 1.54) is 0 Å². The van der Waals surface area contributed by atoms with Gasteiger partial charge < -0.3 is 14.2 Å². The van der Waals surface area contributed by atoms with Gasteiger partial charge in [0.05, 0.1) is 29.4 Å². The average Bonchev–Trinajstić information content (AvgIpc) is 3.04. The maximum Gasteiger partial charge on any atom is 0.126 e. The van der Waals surface area contributed by atoms with Crippen molar-refractivity contribution in [1.82, 2.24) is 4.98 Å². The Morgan fingerprint density at radius 1 is 1.25 bits per heavy atom. The molecule has 0 bridgehead atoms.